The zero-order valence-electron chi connectivity index (χ0n) is 12.4. The molecular weight excluding hydrogens is 284 g/mol. The van der Waals surface area contributed by atoms with E-state index in [4.69, 9.17) is 9.47 Å². The summed E-state index contributed by atoms with van der Waals surface area (Å²) in [6.45, 7) is 6.39. The van der Waals surface area contributed by atoms with Crippen LogP contribution in [-0.2, 0) is 6.54 Å². The average Bonchev–Trinajstić information content (AvgIpc) is 2.78. The summed E-state index contributed by atoms with van der Waals surface area (Å²) in [6.07, 6.45) is 2.85. The third-order valence-electron chi connectivity index (χ3n) is 3.46. The highest BCUT2D eigenvalue weighted by atomic mass is 32.1. The molecule has 2 heterocycles. The van der Waals surface area contributed by atoms with Gasteiger partial charge in [-0.1, -0.05) is 12.1 Å². The highest BCUT2D eigenvalue weighted by Crippen LogP contribution is 2.33. The maximum atomic E-state index is 5.84. The molecule has 0 saturated carbocycles. The zero-order valence-corrected chi connectivity index (χ0v) is 13.2. The Kier molecular flexibility index (Phi) is 4.41. The monoisotopic (exact) mass is 304 g/mol. The number of fused-ring (bicyclic) bond motifs is 1. The lowest BCUT2D eigenvalue weighted by atomic mass is 10.1. The Labute approximate surface area is 129 Å². The van der Waals surface area contributed by atoms with E-state index in [1.807, 2.05) is 18.3 Å². The van der Waals surface area contributed by atoms with Gasteiger partial charge in [0, 0.05) is 29.6 Å². The number of rotatable bonds is 4. The predicted octanol–water partition coefficient (Wildman–Crippen LogP) is 3.46. The van der Waals surface area contributed by atoms with Crippen molar-refractivity contribution in [3.63, 3.8) is 0 Å². The van der Waals surface area contributed by atoms with Gasteiger partial charge >= 0.3 is 0 Å². The third-order valence-corrected chi connectivity index (χ3v) is 4.56. The van der Waals surface area contributed by atoms with E-state index in [1.165, 1.54) is 4.88 Å². The Morgan fingerprint density at radius 1 is 1.33 bits per heavy atom. The summed E-state index contributed by atoms with van der Waals surface area (Å²) in [6, 6.07) is 6.30. The number of nitrogens with zero attached hydrogens (tertiary/aromatic N) is 1. The lowest BCUT2D eigenvalue weighted by Crippen LogP contribution is -2.18. The van der Waals surface area contributed by atoms with Crippen molar-refractivity contribution in [3.8, 4) is 11.5 Å². The highest BCUT2D eigenvalue weighted by Gasteiger charge is 2.15. The van der Waals surface area contributed by atoms with Crippen LogP contribution in [0, 0.1) is 6.92 Å². The van der Waals surface area contributed by atoms with E-state index in [9.17, 15) is 0 Å². The highest BCUT2D eigenvalue weighted by molar-refractivity contribution is 7.11. The molecule has 0 spiro atoms. The molecule has 0 radical (unpaired) electrons. The fourth-order valence-corrected chi connectivity index (χ4v) is 3.12. The number of nitrogens with one attached hydrogen (secondary N) is 1. The summed E-state index contributed by atoms with van der Waals surface area (Å²) in [7, 11) is 0. The molecule has 0 fully saturated rings. The SMILES string of the molecule is Cc1cnc(C(C)NCc2cccc3c2OCCCO3)s1. The summed E-state index contributed by atoms with van der Waals surface area (Å²) in [4.78, 5) is 5.67. The molecule has 1 N–H and O–H groups in total. The van der Waals surface area contributed by atoms with E-state index in [-0.39, 0.29) is 6.04 Å². The standard InChI is InChI=1S/C16H20N2O2S/c1-11-9-18-16(21-11)12(2)17-10-13-5-3-6-14-15(13)20-8-4-7-19-14/h3,5-6,9,12,17H,4,7-8,10H2,1-2H3. The van der Waals surface area contributed by atoms with Gasteiger partial charge in [0.2, 0.25) is 0 Å². The number of aromatic nitrogens is 1. The van der Waals surface area contributed by atoms with E-state index in [0.29, 0.717) is 6.61 Å². The molecule has 112 valence electrons. The molecule has 1 aliphatic heterocycles. The van der Waals surface area contributed by atoms with Gasteiger partial charge in [-0.05, 0) is 19.9 Å². The molecule has 0 bridgehead atoms. The van der Waals surface area contributed by atoms with Gasteiger partial charge in [0.25, 0.3) is 0 Å². The summed E-state index contributed by atoms with van der Waals surface area (Å²) in [5.41, 5.74) is 1.13. The van der Waals surface area contributed by atoms with Crippen LogP contribution < -0.4 is 14.8 Å². The van der Waals surface area contributed by atoms with Crippen LogP contribution in [0.3, 0.4) is 0 Å². The van der Waals surface area contributed by atoms with Gasteiger partial charge in [0.05, 0.1) is 19.3 Å². The van der Waals surface area contributed by atoms with Crippen LogP contribution in [0.1, 0.15) is 34.8 Å². The van der Waals surface area contributed by atoms with Gasteiger partial charge in [-0.15, -0.1) is 11.3 Å². The second kappa shape index (κ2) is 6.45. The molecule has 5 heteroatoms. The van der Waals surface area contributed by atoms with Gasteiger partial charge in [-0.2, -0.15) is 0 Å². The molecule has 0 aliphatic carbocycles. The van der Waals surface area contributed by atoms with Gasteiger partial charge in [-0.25, -0.2) is 4.98 Å². The second-order valence-corrected chi connectivity index (χ2v) is 6.47. The maximum absolute atomic E-state index is 5.84. The van der Waals surface area contributed by atoms with Crippen molar-refractivity contribution in [1.29, 1.82) is 0 Å². The van der Waals surface area contributed by atoms with E-state index >= 15 is 0 Å². The van der Waals surface area contributed by atoms with Gasteiger partial charge < -0.3 is 14.8 Å². The second-order valence-electron chi connectivity index (χ2n) is 5.21. The molecule has 1 aromatic heterocycles. The Morgan fingerprint density at radius 2 is 2.19 bits per heavy atom. The van der Waals surface area contributed by atoms with E-state index < -0.39 is 0 Å². The maximum Gasteiger partial charge on any atom is 0.165 e. The molecule has 2 aromatic rings. The smallest absolute Gasteiger partial charge is 0.165 e. The number of ether oxygens (including phenoxy) is 2. The minimum atomic E-state index is 0.228. The molecule has 3 rings (SSSR count). The molecule has 1 atom stereocenters. The van der Waals surface area contributed by atoms with Gasteiger partial charge in [0.15, 0.2) is 11.5 Å². The first kappa shape index (κ1) is 14.4. The Hall–Kier alpha value is -1.59. The summed E-state index contributed by atoms with van der Waals surface area (Å²) >= 11 is 1.73. The normalized spacial score (nSPS) is 15.5. The average molecular weight is 304 g/mol. The summed E-state index contributed by atoms with van der Waals surface area (Å²) < 4.78 is 11.6. The first-order valence-corrected chi connectivity index (χ1v) is 8.09. The number of thiazole rings is 1. The molecule has 21 heavy (non-hydrogen) atoms. The van der Waals surface area contributed by atoms with Crippen molar-refractivity contribution in [1.82, 2.24) is 10.3 Å². The van der Waals surface area contributed by atoms with Gasteiger partial charge in [0.1, 0.15) is 5.01 Å². The van der Waals surface area contributed by atoms with Crippen LogP contribution in [0.15, 0.2) is 24.4 Å². The first-order chi connectivity index (χ1) is 10.2. The lowest BCUT2D eigenvalue weighted by Gasteiger charge is -2.15. The fraction of sp³-hybridized carbons (Fsp3) is 0.438. The van der Waals surface area contributed by atoms with Crippen molar-refractivity contribution < 1.29 is 9.47 Å². The molecule has 4 nitrogen and oxygen atoms in total. The van der Waals surface area contributed by atoms with E-state index in [1.54, 1.807) is 11.3 Å². The van der Waals surface area contributed by atoms with Crippen molar-refractivity contribution in [3.05, 3.63) is 39.8 Å². The number of hydrogen-bond donors (Lipinski definition) is 1. The van der Waals surface area contributed by atoms with Gasteiger partial charge in [-0.3, -0.25) is 0 Å². The number of aryl methyl sites for hydroxylation is 1. The number of para-hydroxylation sites is 1. The van der Waals surface area contributed by atoms with Crippen LogP contribution in [-0.4, -0.2) is 18.2 Å². The summed E-state index contributed by atoms with van der Waals surface area (Å²) in [5, 5.41) is 4.63. The van der Waals surface area contributed by atoms with Crippen molar-refractivity contribution in [2.45, 2.75) is 32.9 Å². The van der Waals surface area contributed by atoms with Crippen LogP contribution in [0.25, 0.3) is 0 Å². The van der Waals surface area contributed by atoms with Crippen molar-refractivity contribution in [2.24, 2.45) is 0 Å². The Balaban J connectivity index is 1.70. The fourth-order valence-electron chi connectivity index (χ4n) is 2.32. The molecule has 0 saturated heterocycles. The van der Waals surface area contributed by atoms with Crippen molar-refractivity contribution in [2.75, 3.05) is 13.2 Å². The molecule has 0 amide bonds. The van der Waals surface area contributed by atoms with Crippen LogP contribution in [0.5, 0.6) is 11.5 Å². The lowest BCUT2D eigenvalue weighted by molar-refractivity contribution is 0.295. The third kappa shape index (κ3) is 3.36. The molecule has 1 aliphatic rings. The van der Waals surface area contributed by atoms with Crippen molar-refractivity contribution >= 4 is 11.3 Å². The summed E-state index contributed by atoms with van der Waals surface area (Å²) in [5.74, 6) is 1.73. The van der Waals surface area contributed by atoms with E-state index in [0.717, 1.165) is 41.6 Å². The topological polar surface area (TPSA) is 43.4 Å². The minimum Gasteiger partial charge on any atom is -0.490 e. The van der Waals surface area contributed by atoms with Crippen LogP contribution in [0.2, 0.25) is 0 Å². The molecular formula is C16H20N2O2S. The van der Waals surface area contributed by atoms with Crippen LogP contribution in [0.4, 0.5) is 0 Å². The van der Waals surface area contributed by atoms with Crippen LogP contribution >= 0.6 is 11.3 Å². The number of benzene rings is 1. The minimum absolute atomic E-state index is 0.228. The Morgan fingerprint density at radius 3 is 3.00 bits per heavy atom. The largest absolute Gasteiger partial charge is 0.490 e. The molecule has 1 aromatic carbocycles. The Bertz CT molecular complexity index is 612. The molecule has 1 unspecified atom stereocenters. The number of hydrogen-bond acceptors (Lipinski definition) is 5. The quantitative estimate of drug-likeness (QED) is 0.939. The first-order valence-electron chi connectivity index (χ1n) is 7.27. The zero-order chi connectivity index (χ0) is 14.7. The predicted molar refractivity (Wildman–Crippen MR) is 84.2 cm³/mol. The van der Waals surface area contributed by atoms with E-state index in [2.05, 4.69) is 30.2 Å².